The van der Waals surface area contributed by atoms with Crippen molar-refractivity contribution in [2.45, 2.75) is 13.3 Å². The first kappa shape index (κ1) is 9.73. The molecule has 0 aliphatic carbocycles. The molecule has 1 aliphatic rings. The predicted octanol–water partition coefficient (Wildman–Crippen LogP) is 4.68. The van der Waals surface area contributed by atoms with Crippen molar-refractivity contribution >= 4 is 11.6 Å². The molecule has 0 saturated carbocycles. The second-order valence-corrected chi connectivity index (χ2v) is 4.24. The molecule has 3 rings (SSSR count). The summed E-state index contributed by atoms with van der Waals surface area (Å²) in [7, 11) is 0. The minimum absolute atomic E-state index is 0.824. The first-order chi connectivity index (χ1) is 7.81. The summed E-state index contributed by atoms with van der Waals surface area (Å²) in [4.78, 5) is 0. The van der Waals surface area contributed by atoms with Crippen molar-refractivity contribution in [3.05, 3.63) is 47.0 Å². The molecule has 0 spiro atoms. The van der Waals surface area contributed by atoms with Crippen molar-refractivity contribution in [3.63, 3.8) is 0 Å². The van der Waals surface area contributed by atoms with Crippen LogP contribution in [0.2, 0.25) is 5.02 Å². The molecule has 0 aromatic heterocycles. The smallest absolute Gasteiger partial charge is 0.174 e. The minimum Gasteiger partial charge on any atom is -0.449 e. The number of benzene rings is 2. The Balaban J connectivity index is 2.20. The monoisotopic (exact) mass is 230 g/mol. The van der Waals surface area contributed by atoms with Crippen molar-refractivity contribution in [2.24, 2.45) is 0 Å². The number of rotatable bonds is 2. The summed E-state index contributed by atoms with van der Waals surface area (Å²) in [6.07, 6.45) is 0.905. The Labute approximate surface area is 99.6 Å². The lowest BCUT2D eigenvalue weighted by Crippen LogP contribution is -1.83. The Morgan fingerprint density at radius 3 is 2.62 bits per heavy atom. The van der Waals surface area contributed by atoms with Gasteiger partial charge in [-0.05, 0) is 18.1 Å². The molecule has 2 heteroatoms. The van der Waals surface area contributed by atoms with E-state index in [9.17, 15) is 0 Å². The summed E-state index contributed by atoms with van der Waals surface area (Å²) < 4.78 is 5.42. The average Bonchev–Trinajstić information content (AvgIpc) is 3.08. The molecule has 0 saturated heterocycles. The third kappa shape index (κ3) is 1.40. The van der Waals surface area contributed by atoms with Gasteiger partial charge in [0.2, 0.25) is 0 Å². The summed E-state index contributed by atoms with van der Waals surface area (Å²) in [6.45, 7) is 2.10. The van der Waals surface area contributed by atoms with E-state index in [-0.39, 0.29) is 0 Å². The van der Waals surface area contributed by atoms with Crippen molar-refractivity contribution in [1.29, 1.82) is 0 Å². The topological polar surface area (TPSA) is 12.5 Å². The molecule has 0 bridgehead atoms. The summed E-state index contributed by atoms with van der Waals surface area (Å²) >= 11 is 6.40. The van der Waals surface area contributed by atoms with Crippen LogP contribution in [0, 0.1) is 0 Å². The van der Waals surface area contributed by atoms with Gasteiger partial charge >= 0.3 is 0 Å². The molecule has 0 unspecified atom stereocenters. The number of ether oxygens (including phenoxy) is 1. The van der Waals surface area contributed by atoms with E-state index in [1.807, 2.05) is 24.3 Å². The molecule has 80 valence electrons. The Morgan fingerprint density at radius 2 is 1.94 bits per heavy atom. The number of hydrogen-bond donors (Lipinski definition) is 0. The van der Waals surface area contributed by atoms with Gasteiger partial charge in [-0.3, -0.25) is 0 Å². The van der Waals surface area contributed by atoms with Gasteiger partial charge in [-0.15, -0.1) is 0 Å². The molecule has 0 amide bonds. The zero-order valence-electron chi connectivity index (χ0n) is 8.96. The number of hydrogen-bond acceptors (Lipinski definition) is 1. The number of halogens is 1. The first-order valence-corrected chi connectivity index (χ1v) is 5.77. The van der Waals surface area contributed by atoms with E-state index in [0.717, 1.165) is 39.6 Å². The molecule has 1 aliphatic heterocycles. The van der Waals surface area contributed by atoms with E-state index in [1.54, 1.807) is 0 Å². The highest BCUT2D eigenvalue weighted by molar-refractivity contribution is 6.34. The molecule has 16 heavy (non-hydrogen) atoms. The van der Waals surface area contributed by atoms with Crippen LogP contribution >= 0.6 is 11.6 Å². The highest BCUT2D eigenvalue weighted by atomic mass is 35.5. The van der Waals surface area contributed by atoms with Gasteiger partial charge in [0.1, 0.15) is 0 Å². The second kappa shape index (κ2) is 3.53. The van der Waals surface area contributed by atoms with Crippen molar-refractivity contribution in [2.75, 3.05) is 0 Å². The van der Waals surface area contributed by atoms with Crippen LogP contribution in [0.25, 0.3) is 11.1 Å². The molecule has 0 N–H and O–H groups in total. The SMILES string of the molecule is CCc1c(Cl)c(-c2ccccc2)cc2c1O2. The summed E-state index contributed by atoms with van der Waals surface area (Å²) in [5.41, 5.74) is 3.33. The lowest BCUT2D eigenvalue weighted by Gasteiger charge is -2.05. The van der Waals surface area contributed by atoms with Gasteiger partial charge in [0.15, 0.2) is 11.5 Å². The van der Waals surface area contributed by atoms with E-state index in [0.29, 0.717) is 0 Å². The van der Waals surface area contributed by atoms with Crippen LogP contribution in [0.1, 0.15) is 12.5 Å². The number of fused-ring (bicyclic) bond motifs is 1. The maximum atomic E-state index is 6.40. The highest BCUT2D eigenvalue weighted by Crippen LogP contribution is 2.54. The molecular formula is C14H11ClO. The van der Waals surface area contributed by atoms with Gasteiger partial charge < -0.3 is 4.74 Å². The van der Waals surface area contributed by atoms with Gasteiger partial charge in [-0.25, -0.2) is 0 Å². The molecule has 0 fully saturated rings. The Hall–Kier alpha value is -1.47. The molecule has 2 aromatic carbocycles. The van der Waals surface area contributed by atoms with Gasteiger partial charge in [-0.1, -0.05) is 48.9 Å². The van der Waals surface area contributed by atoms with Crippen molar-refractivity contribution < 1.29 is 4.74 Å². The van der Waals surface area contributed by atoms with E-state index < -0.39 is 0 Å². The van der Waals surface area contributed by atoms with Crippen LogP contribution in [0.15, 0.2) is 36.4 Å². The van der Waals surface area contributed by atoms with Crippen LogP contribution in [-0.2, 0) is 6.42 Å². The van der Waals surface area contributed by atoms with E-state index >= 15 is 0 Å². The minimum atomic E-state index is 0.824. The Morgan fingerprint density at radius 1 is 1.19 bits per heavy atom. The van der Waals surface area contributed by atoms with Crippen LogP contribution in [-0.4, -0.2) is 0 Å². The summed E-state index contributed by atoms with van der Waals surface area (Å²) in [5.74, 6) is 1.95. The maximum absolute atomic E-state index is 6.40. The molecule has 1 nitrogen and oxygen atoms in total. The zero-order chi connectivity index (χ0) is 11.1. The van der Waals surface area contributed by atoms with E-state index in [1.165, 1.54) is 0 Å². The Kier molecular flexibility index (Phi) is 2.15. The molecule has 0 radical (unpaired) electrons. The highest BCUT2D eigenvalue weighted by Gasteiger charge is 2.28. The normalized spacial score (nSPS) is 11.9. The van der Waals surface area contributed by atoms with Gasteiger partial charge in [-0.2, -0.15) is 0 Å². The van der Waals surface area contributed by atoms with Crippen LogP contribution in [0.5, 0.6) is 11.5 Å². The largest absolute Gasteiger partial charge is 0.449 e. The van der Waals surface area contributed by atoms with E-state index in [2.05, 4.69) is 19.1 Å². The molecular weight excluding hydrogens is 220 g/mol. The average molecular weight is 231 g/mol. The van der Waals surface area contributed by atoms with Gasteiger partial charge in [0, 0.05) is 11.1 Å². The maximum Gasteiger partial charge on any atom is 0.174 e. The second-order valence-electron chi connectivity index (χ2n) is 3.87. The van der Waals surface area contributed by atoms with Crippen LogP contribution in [0.3, 0.4) is 0 Å². The van der Waals surface area contributed by atoms with Crippen molar-refractivity contribution in [1.82, 2.24) is 0 Å². The predicted molar refractivity (Wildman–Crippen MR) is 66.3 cm³/mol. The molecule has 1 heterocycles. The summed E-state index contributed by atoms with van der Waals surface area (Å²) in [6, 6.07) is 12.2. The third-order valence-electron chi connectivity index (χ3n) is 2.88. The lowest BCUT2D eigenvalue weighted by molar-refractivity contribution is 0.644. The van der Waals surface area contributed by atoms with Crippen LogP contribution < -0.4 is 4.74 Å². The van der Waals surface area contributed by atoms with Crippen LogP contribution in [0.4, 0.5) is 0 Å². The summed E-state index contributed by atoms with van der Waals surface area (Å²) in [5, 5.41) is 0.824. The molecule has 2 aromatic rings. The quantitative estimate of drug-likeness (QED) is 0.583. The first-order valence-electron chi connectivity index (χ1n) is 5.40. The lowest BCUT2D eigenvalue weighted by atomic mass is 10.0. The fourth-order valence-electron chi connectivity index (χ4n) is 1.99. The molecule has 0 atom stereocenters. The fraction of sp³-hybridized carbons (Fsp3) is 0.143. The Bertz CT molecular complexity index is 546. The zero-order valence-corrected chi connectivity index (χ0v) is 9.71. The van der Waals surface area contributed by atoms with E-state index in [4.69, 9.17) is 16.3 Å². The standard InChI is InChI=1S/C14H11ClO/c1-2-10-13(15)11(8-12-14(10)16-12)9-6-4-3-5-7-9/h3-8H,2H2,1H3. The van der Waals surface area contributed by atoms with Gasteiger partial charge in [0.05, 0.1) is 5.02 Å². The third-order valence-corrected chi connectivity index (χ3v) is 3.32. The van der Waals surface area contributed by atoms with Gasteiger partial charge in [0.25, 0.3) is 0 Å². The fourth-order valence-corrected chi connectivity index (χ4v) is 2.37. The van der Waals surface area contributed by atoms with Crippen molar-refractivity contribution in [3.8, 4) is 22.6 Å².